The number of hydrogen-bond donors (Lipinski definition) is 2. The van der Waals surface area contributed by atoms with Gasteiger partial charge in [-0.25, -0.2) is 18.7 Å². The molecule has 0 unspecified atom stereocenters. The number of aromatic amines is 2. The highest BCUT2D eigenvalue weighted by atomic mass is 35.5. The predicted molar refractivity (Wildman–Crippen MR) is 168 cm³/mol. The molecule has 0 aliphatic carbocycles. The first kappa shape index (κ1) is 25.9. The van der Waals surface area contributed by atoms with Crippen LogP contribution < -0.4 is 0 Å². The van der Waals surface area contributed by atoms with Gasteiger partial charge in [0, 0.05) is 50.6 Å². The van der Waals surface area contributed by atoms with Crippen molar-refractivity contribution in [3.8, 4) is 22.5 Å². The zero-order valence-corrected chi connectivity index (χ0v) is 23.2. The van der Waals surface area contributed by atoms with Crippen molar-refractivity contribution in [3.63, 3.8) is 0 Å². The van der Waals surface area contributed by atoms with Crippen LogP contribution in [-0.4, -0.2) is 19.9 Å². The Bertz CT molecular complexity index is 2270. The summed E-state index contributed by atoms with van der Waals surface area (Å²) in [6.45, 7) is 2.08. The molecule has 0 saturated carbocycles. The molecule has 0 aliphatic rings. The zero-order chi connectivity index (χ0) is 28.8. The lowest BCUT2D eigenvalue weighted by atomic mass is 10.1. The van der Waals surface area contributed by atoms with Gasteiger partial charge in [0.2, 0.25) is 0 Å². The van der Waals surface area contributed by atoms with Crippen LogP contribution in [0.3, 0.4) is 0 Å². The van der Waals surface area contributed by atoms with Gasteiger partial charge in [-0.3, -0.25) is 0 Å². The van der Waals surface area contributed by atoms with Crippen molar-refractivity contribution in [2.45, 2.75) is 6.92 Å². The second kappa shape index (κ2) is 10.4. The van der Waals surface area contributed by atoms with Gasteiger partial charge in [-0.1, -0.05) is 60.1 Å². The number of hydrogen-bond acceptors (Lipinski definition) is 2. The third-order valence-corrected chi connectivity index (χ3v) is 7.77. The van der Waals surface area contributed by atoms with Crippen LogP contribution in [0.25, 0.3) is 66.1 Å². The van der Waals surface area contributed by atoms with E-state index in [2.05, 4.69) is 39.0 Å². The average molecular weight is 573 g/mol. The fourth-order valence-corrected chi connectivity index (χ4v) is 5.57. The molecule has 0 saturated heterocycles. The highest BCUT2D eigenvalue weighted by Crippen LogP contribution is 2.34. The lowest BCUT2D eigenvalue weighted by Gasteiger charge is -2.03. The lowest BCUT2D eigenvalue weighted by molar-refractivity contribution is 0.629. The van der Waals surface area contributed by atoms with E-state index in [-0.39, 0.29) is 11.6 Å². The number of para-hydroxylation sites is 2. The van der Waals surface area contributed by atoms with Gasteiger partial charge < -0.3 is 9.97 Å². The van der Waals surface area contributed by atoms with Gasteiger partial charge in [-0.15, -0.1) is 0 Å². The summed E-state index contributed by atoms with van der Waals surface area (Å²) >= 11 is 6.11. The van der Waals surface area contributed by atoms with Gasteiger partial charge in [-0.2, -0.15) is 0 Å². The van der Waals surface area contributed by atoms with E-state index < -0.39 is 0 Å². The highest BCUT2D eigenvalue weighted by molar-refractivity contribution is 6.35. The van der Waals surface area contributed by atoms with Gasteiger partial charge >= 0.3 is 0 Å². The van der Waals surface area contributed by atoms with Gasteiger partial charge in [0.1, 0.15) is 11.6 Å². The minimum absolute atomic E-state index is 0.236. The Morgan fingerprint density at radius 1 is 0.643 bits per heavy atom. The van der Waals surface area contributed by atoms with E-state index in [1.807, 2.05) is 60.8 Å². The molecule has 0 amide bonds. The monoisotopic (exact) mass is 572 g/mol. The van der Waals surface area contributed by atoms with E-state index in [1.54, 1.807) is 18.3 Å². The molecule has 4 heterocycles. The molecule has 0 bridgehead atoms. The van der Waals surface area contributed by atoms with Crippen molar-refractivity contribution in [1.29, 1.82) is 0 Å². The Hall–Kier alpha value is -5.07. The number of fused-ring (bicyclic) bond motifs is 4. The summed E-state index contributed by atoms with van der Waals surface area (Å²) in [7, 11) is 0. The maximum Gasteiger partial charge on any atom is 0.133 e. The maximum atomic E-state index is 14.2. The Balaban J connectivity index is 0.000000137. The molecule has 42 heavy (non-hydrogen) atoms. The van der Waals surface area contributed by atoms with Crippen LogP contribution in [-0.2, 0) is 0 Å². The molecule has 7 heteroatoms. The molecule has 204 valence electrons. The van der Waals surface area contributed by atoms with Crippen molar-refractivity contribution in [2.24, 2.45) is 0 Å². The molecular formula is C35H23ClF2N4. The fourth-order valence-electron chi connectivity index (χ4n) is 5.36. The molecule has 4 nitrogen and oxygen atoms in total. The van der Waals surface area contributed by atoms with E-state index in [0.29, 0.717) is 15.9 Å². The fraction of sp³-hybridized carbons (Fsp3) is 0.0286. The number of rotatable bonds is 2. The SMILES string of the molecule is Cc1cccc2c(-c3ccc4cc(F)ccc4n3)c[nH]c12.Fc1ccc(Cl)c2[nH]cc(-c3ccc4ccccc4n3)c12. The molecule has 2 N–H and O–H groups in total. The van der Waals surface area contributed by atoms with Crippen molar-refractivity contribution in [1.82, 2.24) is 19.9 Å². The first-order valence-corrected chi connectivity index (χ1v) is 13.8. The number of nitrogens with one attached hydrogen (secondary N) is 2. The summed E-state index contributed by atoms with van der Waals surface area (Å²) in [5.41, 5.74) is 8.03. The standard InChI is InChI=1S/C18H13FN2.C17H10ClFN2/c1-11-3-2-4-14-15(10-20-18(11)14)17-7-5-12-9-13(19)6-8-16(12)21-17;18-12-6-7-13(19)16-11(9-20-17(12)16)15-8-5-10-3-1-2-4-14(10)21-15/h2-10,20H,1H3;1-9,20H. The van der Waals surface area contributed by atoms with E-state index in [9.17, 15) is 8.78 Å². The number of pyridine rings is 2. The van der Waals surface area contributed by atoms with Crippen LogP contribution in [0, 0.1) is 18.6 Å². The molecule has 4 aromatic heterocycles. The smallest absolute Gasteiger partial charge is 0.133 e. The minimum Gasteiger partial charge on any atom is -0.360 e. The third kappa shape index (κ3) is 4.56. The molecule has 0 spiro atoms. The largest absolute Gasteiger partial charge is 0.360 e. The normalized spacial score (nSPS) is 11.3. The van der Waals surface area contributed by atoms with Gasteiger partial charge in [-0.05, 0) is 61.0 Å². The number of aromatic nitrogens is 4. The summed E-state index contributed by atoms with van der Waals surface area (Å²) in [4.78, 5) is 15.6. The summed E-state index contributed by atoms with van der Waals surface area (Å²) in [5.74, 6) is -0.541. The number of halogens is 3. The van der Waals surface area contributed by atoms with Crippen LogP contribution in [0.5, 0.6) is 0 Å². The van der Waals surface area contributed by atoms with Crippen LogP contribution in [0.15, 0.2) is 109 Å². The molecule has 0 aliphatic heterocycles. The quantitative estimate of drug-likeness (QED) is 0.216. The zero-order valence-electron chi connectivity index (χ0n) is 22.4. The van der Waals surface area contributed by atoms with Gasteiger partial charge in [0.25, 0.3) is 0 Å². The predicted octanol–water partition coefficient (Wildman–Crippen LogP) is 10.0. The van der Waals surface area contributed by atoms with Crippen LogP contribution >= 0.6 is 11.6 Å². The summed E-state index contributed by atoms with van der Waals surface area (Å²) < 4.78 is 27.4. The van der Waals surface area contributed by atoms with Crippen LogP contribution in [0.2, 0.25) is 5.02 Å². The topological polar surface area (TPSA) is 57.4 Å². The first-order valence-electron chi connectivity index (χ1n) is 13.4. The van der Waals surface area contributed by atoms with Crippen LogP contribution in [0.1, 0.15) is 5.56 Å². The van der Waals surface area contributed by atoms with E-state index in [0.717, 1.165) is 55.2 Å². The summed E-state index contributed by atoms with van der Waals surface area (Å²) in [5, 5.41) is 4.00. The third-order valence-electron chi connectivity index (χ3n) is 7.46. The molecule has 0 fully saturated rings. The Labute approximate surface area is 244 Å². The molecule has 8 rings (SSSR count). The summed E-state index contributed by atoms with van der Waals surface area (Å²) in [6.07, 6.45) is 3.73. The molecule has 0 radical (unpaired) electrons. The van der Waals surface area contributed by atoms with Crippen LogP contribution in [0.4, 0.5) is 8.78 Å². The Kier molecular flexibility index (Phi) is 6.40. The molecule has 0 atom stereocenters. The average Bonchev–Trinajstić information content (AvgIpc) is 3.66. The van der Waals surface area contributed by atoms with E-state index >= 15 is 0 Å². The second-order valence-corrected chi connectivity index (χ2v) is 10.5. The summed E-state index contributed by atoms with van der Waals surface area (Å²) in [6, 6.07) is 29.4. The van der Waals surface area contributed by atoms with Crippen molar-refractivity contribution < 1.29 is 8.78 Å². The van der Waals surface area contributed by atoms with Crippen molar-refractivity contribution in [2.75, 3.05) is 0 Å². The number of benzene rings is 4. The Morgan fingerprint density at radius 3 is 2.21 bits per heavy atom. The van der Waals surface area contributed by atoms with Gasteiger partial charge in [0.15, 0.2) is 0 Å². The second-order valence-electron chi connectivity index (χ2n) is 10.1. The molecule has 4 aromatic carbocycles. The molecular weight excluding hydrogens is 550 g/mol. The lowest BCUT2D eigenvalue weighted by Crippen LogP contribution is -1.85. The number of aryl methyl sites for hydroxylation is 1. The first-order chi connectivity index (χ1) is 20.5. The van der Waals surface area contributed by atoms with E-state index in [1.165, 1.54) is 23.8 Å². The van der Waals surface area contributed by atoms with E-state index in [4.69, 9.17) is 11.6 Å². The minimum atomic E-state index is -0.305. The molecule has 8 aromatic rings. The highest BCUT2D eigenvalue weighted by Gasteiger charge is 2.14. The van der Waals surface area contributed by atoms with Crippen molar-refractivity contribution >= 4 is 55.2 Å². The maximum absolute atomic E-state index is 14.2. The number of H-pyrrole nitrogens is 2. The number of nitrogens with zero attached hydrogens (tertiary/aromatic N) is 2. The Morgan fingerprint density at radius 2 is 1.36 bits per heavy atom. The van der Waals surface area contributed by atoms with Crippen molar-refractivity contribution in [3.05, 3.63) is 132 Å². The van der Waals surface area contributed by atoms with Gasteiger partial charge in [0.05, 0.1) is 33.0 Å².